The van der Waals surface area contributed by atoms with Crippen LogP contribution in [0, 0.1) is 5.92 Å². The van der Waals surface area contributed by atoms with E-state index in [9.17, 15) is 8.42 Å². The van der Waals surface area contributed by atoms with Crippen LogP contribution in [0.4, 0.5) is 5.82 Å². The van der Waals surface area contributed by atoms with E-state index < -0.39 is 9.84 Å². The predicted molar refractivity (Wildman–Crippen MR) is 94.6 cm³/mol. The van der Waals surface area contributed by atoms with Crippen molar-refractivity contribution in [2.24, 2.45) is 5.92 Å². The van der Waals surface area contributed by atoms with Crippen LogP contribution >= 0.6 is 0 Å². The molecule has 1 aliphatic rings. The van der Waals surface area contributed by atoms with Crippen LogP contribution in [-0.2, 0) is 14.6 Å². The first-order valence-corrected chi connectivity index (χ1v) is 9.68. The number of sulfone groups is 1. The van der Waals surface area contributed by atoms with E-state index in [4.69, 9.17) is 15.2 Å². The first kappa shape index (κ1) is 16.8. The number of hydrogen-bond acceptors (Lipinski definition) is 7. The summed E-state index contributed by atoms with van der Waals surface area (Å²) < 4.78 is 37.1. The summed E-state index contributed by atoms with van der Waals surface area (Å²) in [5.74, 6) is 0.585. The second-order valence-electron chi connectivity index (χ2n) is 6.13. The number of aromatic amines is 1. The van der Waals surface area contributed by atoms with Crippen LogP contribution < -0.4 is 10.5 Å². The van der Waals surface area contributed by atoms with Crippen LogP contribution in [0.2, 0.25) is 0 Å². The van der Waals surface area contributed by atoms with Gasteiger partial charge >= 0.3 is 0 Å². The molecule has 2 aromatic heterocycles. The van der Waals surface area contributed by atoms with Gasteiger partial charge in [-0.3, -0.25) is 0 Å². The number of nitrogen functional groups attached to an aromatic ring is 1. The zero-order valence-corrected chi connectivity index (χ0v) is 14.7. The molecule has 0 bridgehead atoms. The lowest BCUT2D eigenvalue weighted by Gasteiger charge is -2.09. The second kappa shape index (κ2) is 6.58. The lowest BCUT2D eigenvalue weighted by atomic mass is 10.1. The Morgan fingerprint density at radius 1 is 1.27 bits per heavy atom. The molecule has 4 rings (SSSR count). The van der Waals surface area contributed by atoms with E-state index in [0.717, 1.165) is 13.0 Å². The maximum atomic E-state index is 13.0. The summed E-state index contributed by atoms with van der Waals surface area (Å²) in [5.41, 5.74) is 6.58. The van der Waals surface area contributed by atoms with E-state index in [1.165, 1.54) is 18.5 Å². The standard InChI is InChI=1S/C17H18N4O4S/c18-16-15(26(22,23)12-4-2-1-3-5-12)13-14(21-16)17(20-10-19-13)25-9-11-6-7-24-8-11/h1-5,10-11,21H,6-9,18H2. The molecule has 1 unspecified atom stereocenters. The molecule has 0 spiro atoms. The number of benzene rings is 1. The van der Waals surface area contributed by atoms with Gasteiger partial charge in [0.15, 0.2) is 0 Å². The summed E-state index contributed by atoms with van der Waals surface area (Å²) in [7, 11) is -3.82. The summed E-state index contributed by atoms with van der Waals surface area (Å²) in [6, 6.07) is 8.10. The molecular weight excluding hydrogens is 356 g/mol. The predicted octanol–water partition coefficient (Wildman–Crippen LogP) is 1.79. The molecule has 0 radical (unpaired) electrons. The Balaban J connectivity index is 1.75. The van der Waals surface area contributed by atoms with Crippen LogP contribution in [0.5, 0.6) is 5.88 Å². The molecule has 8 nitrogen and oxygen atoms in total. The largest absolute Gasteiger partial charge is 0.476 e. The molecule has 3 aromatic rings. The number of hydrogen-bond donors (Lipinski definition) is 2. The molecule has 1 atom stereocenters. The van der Waals surface area contributed by atoms with Gasteiger partial charge in [-0.2, -0.15) is 4.98 Å². The Hall–Kier alpha value is -2.65. The van der Waals surface area contributed by atoms with E-state index in [-0.39, 0.29) is 27.0 Å². The van der Waals surface area contributed by atoms with Gasteiger partial charge in [0.2, 0.25) is 15.7 Å². The molecule has 9 heteroatoms. The lowest BCUT2D eigenvalue weighted by Crippen LogP contribution is -2.12. The number of nitrogens with zero attached hydrogens (tertiary/aromatic N) is 2. The highest BCUT2D eigenvalue weighted by Gasteiger charge is 2.28. The summed E-state index contributed by atoms with van der Waals surface area (Å²) >= 11 is 0. The zero-order chi connectivity index (χ0) is 18.1. The van der Waals surface area contributed by atoms with Gasteiger partial charge < -0.3 is 20.2 Å². The average Bonchev–Trinajstić information content (AvgIpc) is 3.27. The number of aromatic nitrogens is 3. The minimum Gasteiger partial charge on any atom is -0.476 e. The minimum atomic E-state index is -3.82. The van der Waals surface area contributed by atoms with Gasteiger partial charge in [-0.05, 0) is 18.6 Å². The van der Waals surface area contributed by atoms with Gasteiger partial charge in [-0.25, -0.2) is 13.4 Å². The van der Waals surface area contributed by atoms with E-state index in [1.807, 2.05) is 0 Å². The first-order chi connectivity index (χ1) is 12.6. The Bertz CT molecular complexity index is 1030. The quantitative estimate of drug-likeness (QED) is 0.698. The highest BCUT2D eigenvalue weighted by Crippen LogP contribution is 2.34. The van der Waals surface area contributed by atoms with E-state index in [1.54, 1.807) is 18.2 Å². The fourth-order valence-corrected chi connectivity index (χ4v) is 4.48. The van der Waals surface area contributed by atoms with Crippen LogP contribution in [0.3, 0.4) is 0 Å². The van der Waals surface area contributed by atoms with Gasteiger partial charge in [0, 0.05) is 12.5 Å². The third-order valence-electron chi connectivity index (χ3n) is 4.33. The van der Waals surface area contributed by atoms with Gasteiger partial charge in [0.1, 0.15) is 28.1 Å². The monoisotopic (exact) mass is 374 g/mol. The van der Waals surface area contributed by atoms with Crippen molar-refractivity contribution in [2.75, 3.05) is 25.6 Å². The molecule has 3 heterocycles. The van der Waals surface area contributed by atoms with Crippen LogP contribution in [-0.4, -0.2) is 43.2 Å². The summed E-state index contributed by atoms with van der Waals surface area (Å²) in [5, 5.41) is 0. The summed E-state index contributed by atoms with van der Waals surface area (Å²) in [6.45, 7) is 1.81. The van der Waals surface area contributed by atoms with Gasteiger partial charge in [-0.15, -0.1) is 0 Å². The van der Waals surface area contributed by atoms with Crippen LogP contribution in [0.1, 0.15) is 6.42 Å². The van der Waals surface area contributed by atoms with Gasteiger partial charge in [0.05, 0.1) is 18.1 Å². The zero-order valence-electron chi connectivity index (χ0n) is 13.9. The molecule has 0 amide bonds. The third kappa shape index (κ3) is 2.89. The third-order valence-corrected chi connectivity index (χ3v) is 6.18. The first-order valence-electron chi connectivity index (χ1n) is 8.20. The summed E-state index contributed by atoms with van der Waals surface area (Å²) in [4.78, 5) is 11.2. The van der Waals surface area contributed by atoms with Crippen molar-refractivity contribution in [3.63, 3.8) is 0 Å². The lowest BCUT2D eigenvalue weighted by molar-refractivity contribution is 0.166. The smallest absolute Gasteiger partial charge is 0.241 e. The number of anilines is 1. The van der Waals surface area contributed by atoms with Crippen molar-refractivity contribution in [1.29, 1.82) is 0 Å². The topological polar surface area (TPSA) is 120 Å². The Morgan fingerprint density at radius 3 is 2.81 bits per heavy atom. The number of fused-ring (bicyclic) bond motifs is 1. The molecule has 1 aliphatic heterocycles. The van der Waals surface area contributed by atoms with Crippen molar-refractivity contribution in [2.45, 2.75) is 16.2 Å². The molecule has 3 N–H and O–H groups in total. The molecule has 136 valence electrons. The minimum absolute atomic E-state index is 0.0124. The molecule has 1 saturated heterocycles. The number of H-pyrrole nitrogens is 1. The molecule has 0 aliphatic carbocycles. The second-order valence-corrected chi connectivity index (χ2v) is 8.01. The molecule has 1 fully saturated rings. The van der Waals surface area contributed by atoms with Crippen molar-refractivity contribution >= 4 is 26.7 Å². The Morgan fingerprint density at radius 2 is 2.08 bits per heavy atom. The van der Waals surface area contributed by atoms with E-state index >= 15 is 0 Å². The van der Waals surface area contributed by atoms with Crippen LogP contribution in [0.25, 0.3) is 11.0 Å². The van der Waals surface area contributed by atoms with Crippen molar-refractivity contribution in [1.82, 2.24) is 15.0 Å². The fraction of sp³-hybridized carbons (Fsp3) is 0.294. The fourth-order valence-electron chi connectivity index (χ4n) is 2.98. The highest BCUT2D eigenvalue weighted by molar-refractivity contribution is 7.92. The molecular formula is C17H18N4O4S. The Kier molecular flexibility index (Phi) is 4.25. The SMILES string of the molecule is Nc1[nH]c2c(OCC3CCOC3)ncnc2c1S(=O)(=O)c1ccccc1. The highest BCUT2D eigenvalue weighted by atomic mass is 32.2. The number of nitrogens with one attached hydrogen (secondary N) is 1. The maximum absolute atomic E-state index is 13.0. The molecule has 0 saturated carbocycles. The van der Waals surface area contributed by atoms with E-state index in [2.05, 4.69) is 15.0 Å². The van der Waals surface area contributed by atoms with Gasteiger partial charge in [0.25, 0.3) is 0 Å². The van der Waals surface area contributed by atoms with E-state index in [0.29, 0.717) is 24.6 Å². The van der Waals surface area contributed by atoms with Gasteiger partial charge in [-0.1, -0.05) is 18.2 Å². The Labute approximate surface area is 150 Å². The number of rotatable bonds is 5. The van der Waals surface area contributed by atoms with Crippen molar-refractivity contribution < 1.29 is 17.9 Å². The number of ether oxygens (including phenoxy) is 2. The average molecular weight is 374 g/mol. The van der Waals surface area contributed by atoms with Crippen molar-refractivity contribution in [3.8, 4) is 5.88 Å². The summed E-state index contributed by atoms with van der Waals surface area (Å²) in [6.07, 6.45) is 2.20. The van der Waals surface area contributed by atoms with Crippen molar-refractivity contribution in [3.05, 3.63) is 36.7 Å². The normalized spacial score (nSPS) is 17.6. The number of nitrogens with two attached hydrogens (primary N) is 1. The molecule has 1 aromatic carbocycles. The molecule has 26 heavy (non-hydrogen) atoms. The van der Waals surface area contributed by atoms with Crippen LogP contribution in [0.15, 0.2) is 46.5 Å². The maximum Gasteiger partial charge on any atom is 0.241 e.